The third-order valence-electron chi connectivity index (χ3n) is 5.24. The van der Waals surface area contributed by atoms with E-state index in [0.29, 0.717) is 11.7 Å². The maximum atomic E-state index is 12.2. The highest BCUT2D eigenvalue weighted by Gasteiger charge is 2.23. The number of hydrogen-bond donors (Lipinski definition) is 1. The van der Waals surface area contributed by atoms with Crippen LogP contribution in [0.15, 0.2) is 59.5 Å². The van der Waals surface area contributed by atoms with E-state index in [9.17, 15) is 4.79 Å². The second-order valence-corrected chi connectivity index (χ2v) is 7.12. The summed E-state index contributed by atoms with van der Waals surface area (Å²) in [7, 11) is 1.63. The molecule has 1 aliphatic rings. The van der Waals surface area contributed by atoms with Gasteiger partial charge >= 0.3 is 0 Å². The number of benzene rings is 1. The molecule has 1 aromatic carbocycles. The average molecular weight is 376 g/mol. The summed E-state index contributed by atoms with van der Waals surface area (Å²) < 4.78 is 5.20. The van der Waals surface area contributed by atoms with E-state index in [2.05, 4.69) is 20.9 Å². The highest BCUT2D eigenvalue weighted by Crippen LogP contribution is 2.28. The molecular formula is C22H24N4O2. The molecule has 1 fully saturated rings. The molecule has 2 aromatic heterocycles. The van der Waals surface area contributed by atoms with E-state index in [1.807, 2.05) is 42.6 Å². The van der Waals surface area contributed by atoms with Gasteiger partial charge in [0.2, 0.25) is 0 Å². The smallest absolute Gasteiger partial charge is 0.251 e. The van der Waals surface area contributed by atoms with Crippen molar-refractivity contribution < 1.29 is 4.74 Å². The van der Waals surface area contributed by atoms with Crippen molar-refractivity contribution in [3.8, 4) is 17.1 Å². The Labute approximate surface area is 164 Å². The van der Waals surface area contributed by atoms with Crippen LogP contribution in [0.5, 0.6) is 5.75 Å². The topological polar surface area (TPSA) is 71.1 Å². The fourth-order valence-corrected chi connectivity index (χ4v) is 3.68. The summed E-state index contributed by atoms with van der Waals surface area (Å²) in [6, 6.07) is 15.2. The van der Waals surface area contributed by atoms with Crippen molar-refractivity contribution in [1.82, 2.24) is 19.9 Å². The molecule has 0 amide bonds. The molecule has 4 rings (SSSR count). The van der Waals surface area contributed by atoms with Crippen LogP contribution in [0.4, 0.5) is 0 Å². The lowest BCUT2D eigenvalue weighted by molar-refractivity contribution is 0.201. The van der Waals surface area contributed by atoms with Gasteiger partial charge in [-0.05, 0) is 62.3 Å². The van der Waals surface area contributed by atoms with Crippen LogP contribution in [-0.4, -0.2) is 40.1 Å². The molecule has 6 heteroatoms. The highest BCUT2D eigenvalue weighted by molar-refractivity contribution is 5.56. The van der Waals surface area contributed by atoms with Crippen LogP contribution in [0.1, 0.15) is 30.1 Å². The number of aromatic nitrogens is 3. The number of ether oxygens (including phenoxy) is 1. The van der Waals surface area contributed by atoms with Crippen molar-refractivity contribution in [2.75, 3.05) is 20.2 Å². The predicted molar refractivity (Wildman–Crippen MR) is 108 cm³/mol. The minimum Gasteiger partial charge on any atom is -0.497 e. The summed E-state index contributed by atoms with van der Waals surface area (Å²) in [6.07, 6.45) is 3.82. The third-order valence-corrected chi connectivity index (χ3v) is 5.24. The number of pyridine rings is 1. The van der Waals surface area contributed by atoms with Gasteiger partial charge in [0.1, 0.15) is 11.6 Å². The highest BCUT2D eigenvalue weighted by atomic mass is 16.5. The zero-order chi connectivity index (χ0) is 19.3. The summed E-state index contributed by atoms with van der Waals surface area (Å²) in [5, 5.41) is 0. The number of H-pyrrole nitrogens is 1. The van der Waals surface area contributed by atoms with Gasteiger partial charge in [0.05, 0.1) is 18.5 Å². The Hall–Kier alpha value is -2.99. The van der Waals surface area contributed by atoms with Crippen LogP contribution in [0, 0.1) is 0 Å². The van der Waals surface area contributed by atoms with Gasteiger partial charge < -0.3 is 9.72 Å². The first-order valence-electron chi connectivity index (χ1n) is 9.59. The molecule has 0 bridgehead atoms. The van der Waals surface area contributed by atoms with Crippen LogP contribution in [0.3, 0.4) is 0 Å². The van der Waals surface area contributed by atoms with E-state index >= 15 is 0 Å². The SMILES string of the molecule is COc1ccc(-c2nc(C3CCN(Cc4ccccn4)CC3)cc(=O)[nH]2)cc1. The Morgan fingerprint density at radius 1 is 1.14 bits per heavy atom. The van der Waals surface area contributed by atoms with Crippen LogP contribution >= 0.6 is 0 Å². The average Bonchev–Trinajstić information content (AvgIpc) is 2.75. The van der Waals surface area contributed by atoms with E-state index in [-0.39, 0.29) is 5.56 Å². The van der Waals surface area contributed by atoms with Crippen molar-refractivity contribution in [2.24, 2.45) is 0 Å². The van der Waals surface area contributed by atoms with Crippen molar-refractivity contribution >= 4 is 0 Å². The summed E-state index contributed by atoms with van der Waals surface area (Å²) >= 11 is 0. The standard InChI is InChI=1S/C22H24N4O2/c1-28-19-7-5-17(6-8-19)22-24-20(14-21(27)25-22)16-9-12-26(13-10-16)15-18-4-2-3-11-23-18/h2-8,11,14,16H,9-10,12-13,15H2,1H3,(H,24,25,27). The van der Waals surface area contributed by atoms with E-state index in [1.165, 1.54) is 0 Å². The number of rotatable bonds is 5. The number of aromatic amines is 1. The molecule has 144 valence electrons. The normalized spacial score (nSPS) is 15.5. The first-order valence-corrected chi connectivity index (χ1v) is 9.59. The van der Waals surface area contributed by atoms with Crippen molar-refractivity contribution in [1.29, 1.82) is 0 Å². The Bertz CT molecular complexity index is 962. The quantitative estimate of drug-likeness (QED) is 0.740. The number of nitrogens with one attached hydrogen (secondary N) is 1. The molecular weight excluding hydrogens is 352 g/mol. The maximum absolute atomic E-state index is 12.2. The van der Waals surface area contributed by atoms with Gasteiger partial charge in [-0.25, -0.2) is 4.98 Å². The summed E-state index contributed by atoms with van der Waals surface area (Å²) in [5.41, 5.74) is 2.75. The number of likely N-dealkylation sites (tertiary alicyclic amines) is 1. The van der Waals surface area contributed by atoms with Crippen molar-refractivity contribution in [3.63, 3.8) is 0 Å². The molecule has 3 aromatic rings. The van der Waals surface area contributed by atoms with Crippen molar-refractivity contribution in [2.45, 2.75) is 25.3 Å². The minimum absolute atomic E-state index is 0.105. The number of hydrogen-bond acceptors (Lipinski definition) is 5. The Balaban J connectivity index is 1.46. The van der Waals surface area contributed by atoms with Gasteiger partial charge in [-0.15, -0.1) is 0 Å². The molecule has 1 aliphatic heterocycles. The lowest BCUT2D eigenvalue weighted by atomic mass is 9.93. The molecule has 0 atom stereocenters. The number of piperidine rings is 1. The molecule has 28 heavy (non-hydrogen) atoms. The lowest BCUT2D eigenvalue weighted by Gasteiger charge is -2.31. The molecule has 0 spiro atoms. The van der Waals surface area contributed by atoms with Crippen LogP contribution < -0.4 is 10.3 Å². The van der Waals surface area contributed by atoms with Gasteiger partial charge in [0.25, 0.3) is 5.56 Å². The Kier molecular flexibility index (Phi) is 5.48. The first-order chi connectivity index (χ1) is 13.7. The molecule has 0 unspecified atom stereocenters. The summed E-state index contributed by atoms with van der Waals surface area (Å²) in [5.74, 6) is 1.70. The van der Waals surface area contributed by atoms with Crippen LogP contribution in [0.25, 0.3) is 11.4 Å². The van der Waals surface area contributed by atoms with E-state index in [0.717, 1.165) is 55.2 Å². The first kappa shape index (κ1) is 18.4. The largest absolute Gasteiger partial charge is 0.497 e. The minimum atomic E-state index is -0.105. The van der Waals surface area contributed by atoms with Gasteiger partial charge in [0.15, 0.2) is 0 Å². The summed E-state index contributed by atoms with van der Waals surface area (Å²) in [6.45, 7) is 2.83. The predicted octanol–water partition coefficient (Wildman–Crippen LogP) is 3.22. The summed E-state index contributed by atoms with van der Waals surface area (Å²) in [4.78, 5) is 26.7. The van der Waals surface area contributed by atoms with Gasteiger partial charge in [-0.1, -0.05) is 6.07 Å². The second kappa shape index (κ2) is 8.35. The second-order valence-electron chi connectivity index (χ2n) is 7.12. The molecule has 6 nitrogen and oxygen atoms in total. The maximum Gasteiger partial charge on any atom is 0.251 e. The van der Waals surface area contributed by atoms with Gasteiger partial charge in [0, 0.05) is 30.3 Å². The monoisotopic (exact) mass is 376 g/mol. The van der Waals surface area contributed by atoms with E-state index in [4.69, 9.17) is 9.72 Å². The number of nitrogens with zero attached hydrogens (tertiary/aromatic N) is 3. The molecule has 0 saturated carbocycles. The lowest BCUT2D eigenvalue weighted by Crippen LogP contribution is -2.33. The van der Waals surface area contributed by atoms with E-state index in [1.54, 1.807) is 13.2 Å². The zero-order valence-electron chi connectivity index (χ0n) is 16.0. The molecule has 3 heterocycles. The fourth-order valence-electron chi connectivity index (χ4n) is 3.68. The molecule has 1 saturated heterocycles. The van der Waals surface area contributed by atoms with E-state index < -0.39 is 0 Å². The molecule has 0 radical (unpaired) electrons. The van der Waals surface area contributed by atoms with Crippen molar-refractivity contribution in [3.05, 3.63) is 76.5 Å². The Morgan fingerprint density at radius 3 is 2.61 bits per heavy atom. The number of methoxy groups -OCH3 is 1. The molecule has 0 aliphatic carbocycles. The Morgan fingerprint density at radius 2 is 1.93 bits per heavy atom. The van der Waals surface area contributed by atoms with Gasteiger partial charge in [-0.2, -0.15) is 0 Å². The molecule has 1 N–H and O–H groups in total. The van der Waals surface area contributed by atoms with Crippen LogP contribution in [-0.2, 0) is 6.54 Å². The fraction of sp³-hybridized carbons (Fsp3) is 0.318. The third kappa shape index (κ3) is 4.28. The van der Waals surface area contributed by atoms with Crippen LogP contribution in [0.2, 0.25) is 0 Å². The zero-order valence-corrected chi connectivity index (χ0v) is 16.0. The van der Waals surface area contributed by atoms with Gasteiger partial charge in [-0.3, -0.25) is 14.7 Å².